The van der Waals surface area contributed by atoms with Crippen molar-refractivity contribution in [1.82, 2.24) is 4.98 Å². The van der Waals surface area contributed by atoms with Gasteiger partial charge >= 0.3 is 0 Å². The average Bonchev–Trinajstić information content (AvgIpc) is 3.50. The third kappa shape index (κ3) is 4.88. The maximum atomic E-state index is 13.7. The summed E-state index contributed by atoms with van der Waals surface area (Å²) >= 11 is 0. The predicted molar refractivity (Wildman–Crippen MR) is 155 cm³/mol. The number of aromatic hydroxyl groups is 1. The summed E-state index contributed by atoms with van der Waals surface area (Å²) in [7, 11) is 0. The molecule has 0 unspecified atom stereocenters. The van der Waals surface area contributed by atoms with Gasteiger partial charge < -0.3 is 9.84 Å². The highest BCUT2D eigenvalue weighted by molar-refractivity contribution is 6.22. The van der Waals surface area contributed by atoms with Gasteiger partial charge in [0, 0.05) is 12.1 Å². The Morgan fingerprint density at radius 1 is 1.02 bits per heavy atom. The molecule has 4 atom stereocenters. The van der Waals surface area contributed by atoms with Crippen molar-refractivity contribution in [2.45, 2.75) is 45.1 Å². The molecule has 40 heavy (non-hydrogen) atoms. The molecule has 204 valence electrons. The van der Waals surface area contributed by atoms with Gasteiger partial charge in [0.25, 0.3) is 0 Å². The molecule has 1 N–H and O–H groups in total. The number of rotatable bonds is 8. The van der Waals surface area contributed by atoms with Crippen molar-refractivity contribution in [3.05, 3.63) is 101 Å². The van der Waals surface area contributed by atoms with E-state index in [9.17, 15) is 14.7 Å². The maximum absolute atomic E-state index is 13.7. The van der Waals surface area contributed by atoms with Crippen molar-refractivity contribution < 1.29 is 19.4 Å². The van der Waals surface area contributed by atoms with Gasteiger partial charge in [-0.05, 0) is 84.9 Å². The van der Waals surface area contributed by atoms with Gasteiger partial charge in [-0.1, -0.05) is 55.3 Å². The highest BCUT2D eigenvalue weighted by Gasteiger charge is 2.57. The van der Waals surface area contributed by atoms with E-state index in [0.717, 1.165) is 42.5 Å². The van der Waals surface area contributed by atoms with Gasteiger partial charge in [-0.15, -0.1) is 0 Å². The van der Waals surface area contributed by atoms with Crippen molar-refractivity contribution in [3.8, 4) is 5.75 Å². The first kappa shape index (κ1) is 26.2. The maximum Gasteiger partial charge on any atom is 0.238 e. The monoisotopic (exact) mass is 534 g/mol. The fourth-order valence-corrected chi connectivity index (χ4v) is 6.77. The van der Waals surface area contributed by atoms with Gasteiger partial charge in [0.05, 0.1) is 35.9 Å². The van der Waals surface area contributed by atoms with Crippen molar-refractivity contribution in [1.29, 1.82) is 0 Å². The van der Waals surface area contributed by atoms with Crippen LogP contribution in [0.1, 0.15) is 50.3 Å². The van der Waals surface area contributed by atoms with Crippen LogP contribution < -0.4 is 4.90 Å². The van der Waals surface area contributed by atoms with Crippen LogP contribution in [0.5, 0.6) is 5.75 Å². The Labute approximate surface area is 235 Å². The Bertz CT molecular complexity index is 1460. The van der Waals surface area contributed by atoms with E-state index in [-0.39, 0.29) is 41.4 Å². The number of pyridine rings is 1. The first-order chi connectivity index (χ1) is 19.5. The van der Waals surface area contributed by atoms with Crippen molar-refractivity contribution in [2.75, 3.05) is 11.5 Å². The second-order valence-electron chi connectivity index (χ2n) is 10.9. The Kier molecular flexibility index (Phi) is 7.35. The lowest BCUT2D eigenvalue weighted by atomic mass is 9.68. The number of para-hydroxylation sites is 1. The number of allylic oxidation sites excluding steroid dienone is 2. The van der Waals surface area contributed by atoms with Crippen LogP contribution >= 0.6 is 0 Å². The normalized spacial score (nSPS) is 24.4. The molecule has 0 spiro atoms. The second kappa shape index (κ2) is 11.2. The van der Waals surface area contributed by atoms with Crippen LogP contribution in [0.25, 0.3) is 11.6 Å². The van der Waals surface area contributed by atoms with E-state index in [1.54, 1.807) is 18.3 Å². The van der Waals surface area contributed by atoms with E-state index in [4.69, 9.17) is 4.74 Å². The quantitative estimate of drug-likeness (QED) is 0.266. The lowest BCUT2D eigenvalue weighted by molar-refractivity contribution is -0.122. The first-order valence-electron chi connectivity index (χ1n) is 14.2. The minimum absolute atomic E-state index is 0.0659. The number of carbonyl (C=O) groups is 2. The predicted octanol–water partition coefficient (Wildman–Crippen LogP) is 6.43. The number of carbonyl (C=O) groups excluding carboxylic acids is 2. The highest BCUT2D eigenvalue weighted by Crippen LogP contribution is 2.51. The van der Waals surface area contributed by atoms with E-state index in [1.807, 2.05) is 60.7 Å². The highest BCUT2D eigenvalue weighted by atomic mass is 16.5. The molecule has 3 aromatic rings. The van der Waals surface area contributed by atoms with Crippen molar-refractivity contribution >= 4 is 29.2 Å². The third-order valence-corrected chi connectivity index (χ3v) is 8.46. The van der Waals surface area contributed by atoms with Crippen molar-refractivity contribution in [2.24, 2.45) is 17.8 Å². The molecule has 0 saturated carbocycles. The Hall–Kier alpha value is -4.03. The minimum atomic E-state index is -0.369. The number of nitrogens with zero attached hydrogens (tertiary/aromatic N) is 2. The topological polar surface area (TPSA) is 79.7 Å². The molecule has 3 aliphatic rings. The van der Waals surface area contributed by atoms with E-state index >= 15 is 0 Å². The van der Waals surface area contributed by atoms with Gasteiger partial charge in [-0.3, -0.25) is 19.5 Å². The summed E-state index contributed by atoms with van der Waals surface area (Å²) in [6.07, 6.45) is 7.76. The van der Waals surface area contributed by atoms with Gasteiger partial charge in [-0.2, -0.15) is 0 Å². The number of imide groups is 1. The van der Waals surface area contributed by atoms with Gasteiger partial charge in [-0.25, -0.2) is 0 Å². The van der Waals surface area contributed by atoms with Crippen LogP contribution in [0.2, 0.25) is 0 Å². The smallest absolute Gasteiger partial charge is 0.238 e. The minimum Gasteiger partial charge on any atom is -0.508 e. The average molecular weight is 535 g/mol. The van der Waals surface area contributed by atoms with Gasteiger partial charge in [0.2, 0.25) is 11.8 Å². The molecular weight excluding hydrogens is 500 g/mol. The lowest BCUT2D eigenvalue weighted by Gasteiger charge is -2.32. The molecule has 2 amide bonds. The third-order valence-electron chi connectivity index (χ3n) is 8.46. The van der Waals surface area contributed by atoms with Crippen molar-refractivity contribution in [3.63, 3.8) is 0 Å². The van der Waals surface area contributed by atoms with Gasteiger partial charge in [0.1, 0.15) is 5.75 Å². The summed E-state index contributed by atoms with van der Waals surface area (Å²) in [6, 6.07) is 22.4. The number of hydrogen-bond acceptors (Lipinski definition) is 5. The zero-order valence-corrected chi connectivity index (χ0v) is 22.7. The molecular formula is C34H34N2O4. The molecule has 3 heterocycles. The zero-order valence-electron chi connectivity index (χ0n) is 22.7. The largest absolute Gasteiger partial charge is 0.508 e. The number of benzene rings is 2. The van der Waals surface area contributed by atoms with E-state index in [2.05, 4.69) is 18.0 Å². The summed E-state index contributed by atoms with van der Waals surface area (Å²) < 4.78 is 6.44. The number of phenolic OH excluding ortho intramolecular Hbond substituents is 1. The number of ether oxygens (including phenoxy) is 1. The fourth-order valence-electron chi connectivity index (χ4n) is 6.77. The molecule has 6 nitrogen and oxygen atoms in total. The number of hydrogen-bond donors (Lipinski definition) is 1. The Morgan fingerprint density at radius 2 is 1.85 bits per heavy atom. The standard InChI is InChI=1S/C34H34N2O4/c1-2-9-24-20-27-32(34(39)36(33(27)38)25-11-4-3-5-12-25)28-21-40-30(31(24)28)16-15-23(29-14-6-7-17-35-29)18-22-10-8-13-26(37)19-22/h3-8,10-14,17-19,27-28,30,32,37H,2,9,15-16,20-21H2,1H3/b23-18-/t27-,28+,30-,32-/m1/s1. The molecule has 0 radical (unpaired) electrons. The molecule has 6 rings (SSSR count). The van der Waals surface area contributed by atoms with Crippen LogP contribution in [-0.2, 0) is 14.3 Å². The van der Waals surface area contributed by atoms with Gasteiger partial charge in [0.15, 0.2) is 0 Å². The molecule has 0 bridgehead atoms. The molecule has 1 aliphatic carbocycles. The Morgan fingerprint density at radius 3 is 2.60 bits per heavy atom. The number of amides is 2. The summed E-state index contributed by atoms with van der Waals surface area (Å²) in [5, 5.41) is 9.99. The number of fused-ring (bicyclic) bond motifs is 3. The second-order valence-corrected chi connectivity index (χ2v) is 10.9. The van der Waals surface area contributed by atoms with E-state index in [1.165, 1.54) is 16.0 Å². The summed E-state index contributed by atoms with van der Waals surface area (Å²) in [6.45, 7) is 2.62. The zero-order chi connectivity index (χ0) is 27.6. The molecule has 6 heteroatoms. The van der Waals surface area contributed by atoms with E-state index < -0.39 is 0 Å². The van der Waals surface area contributed by atoms with Crippen LogP contribution in [0.15, 0.2) is 90.1 Å². The Balaban J connectivity index is 1.28. The summed E-state index contributed by atoms with van der Waals surface area (Å²) in [5.41, 5.74) is 6.06. The SMILES string of the molecule is CCCC1=C2[C@@H](CC/C(=C/c3cccc(O)c3)c3ccccn3)OC[C@@H]2[C@@H]2C(=O)N(c3ccccc3)C(=O)[C@@H]2C1. The fraction of sp³-hybridized carbons (Fsp3) is 0.324. The molecule has 2 saturated heterocycles. The molecule has 2 aromatic carbocycles. The number of aromatic nitrogens is 1. The lowest BCUT2D eigenvalue weighted by Crippen LogP contribution is -2.34. The van der Waals surface area contributed by atoms with Crippen LogP contribution in [0.4, 0.5) is 5.69 Å². The molecule has 2 fully saturated rings. The summed E-state index contributed by atoms with van der Waals surface area (Å²) in [4.78, 5) is 33.3. The van der Waals surface area contributed by atoms with Crippen LogP contribution in [0.3, 0.4) is 0 Å². The number of phenols is 1. The first-order valence-corrected chi connectivity index (χ1v) is 14.2. The van der Waals surface area contributed by atoms with E-state index in [0.29, 0.717) is 18.7 Å². The number of anilines is 1. The summed E-state index contributed by atoms with van der Waals surface area (Å²) in [5.74, 6) is -0.705. The molecule has 2 aliphatic heterocycles. The molecule has 1 aromatic heterocycles. The van der Waals surface area contributed by atoms with Crippen LogP contribution in [-0.4, -0.2) is 34.6 Å². The van der Waals surface area contributed by atoms with Crippen LogP contribution in [0, 0.1) is 17.8 Å².